The number of ether oxygens (including phenoxy) is 1. The average molecular weight is 223 g/mol. The van der Waals surface area contributed by atoms with E-state index >= 15 is 0 Å². The van der Waals surface area contributed by atoms with Crippen LogP contribution >= 0.6 is 0 Å². The van der Waals surface area contributed by atoms with Crippen LogP contribution in [0.15, 0.2) is 0 Å². The molecule has 0 atom stereocenters. The largest absolute Gasteiger partial charge is 0.366 e. The Labute approximate surface area is 84.9 Å². The number of sulfonamides is 1. The quantitative estimate of drug-likeness (QED) is 0.726. The summed E-state index contributed by atoms with van der Waals surface area (Å²) in [5.41, 5.74) is -1.11. The van der Waals surface area contributed by atoms with Crippen LogP contribution in [0.5, 0.6) is 0 Å². The first-order chi connectivity index (χ1) is 6.19. The fourth-order valence-corrected chi connectivity index (χ4v) is 1.30. The van der Waals surface area contributed by atoms with E-state index in [1.807, 2.05) is 11.6 Å². The maximum Gasteiger partial charge on any atom is 0.265 e. The van der Waals surface area contributed by atoms with Gasteiger partial charge < -0.3 is 4.74 Å². The van der Waals surface area contributed by atoms with Crippen molar-refractivity contribution in [3.8, 4) is 0 Å². The Bertz CT molecular complexity index is 294. The van der Waals surface area contributed by atoms with E-state index in [9.17, 15) is 13.2 Å². The molecular formula is C8H17NO4S. The van der Waals surface area contributed by atoms with Crippen molar-refractivity contribution in [2.75, 3.05) is 12.9 Å². The summed E-state index contributed by atoms with van der Waals surface area (Å²) in [7, 11) is -3.51. The number of hydrogen-bond donors (Lipinski definition) is 1. The van der Waals surface area contributed by atoms with Crippen molar-refractivity contribution in [3.63, 3.8) is 0 Å². The fourth-order valence-electron chi connectivity index (χ4n) is 0.714. The summed E-state index contributed by atoms with van der Waals surface area (Å²) in [6.07, 6.45) is 1.70. The van der Waals surface area contributed by atoms with Gasteiger partial charge in [-0.25, -0.2) is 8.42 Å². The molecule has 0 saturated heterocycles. The van der Waals surface area contributed by atoms with Crippen LogP contribution in [0.3, 0.4) is 0 Å². The molecular weight excluding hydrogens is 206 g/mol. The lowest BCUT2D eigenvalue weighted by molar-refractivity contribution is -0.140. The highest BCUT2D eigenvalue weighted by Crippen LogP contribution is 2.09. The van der Waals surface area contributed by atoms with Gasteiger partial charge in [0.2, 0.25) is 10.0 Å². The van der Waals surface area contributed by atoms with Gasteiger partial charge in [-0.05, 0) is 20.3 Å². The van der Waals surface area contributed by atoms with Crippen molar-refractivity contribution in [2.45, 2.75) is 32.8 Å². The van der Waals surface area contributed by atoms with Gasteiger partial charge in [-0.2, -0.15) is 0 Å². The van der Waals surface area contributed by atoms with E-state index in [4.69, 9.17) is 4.74 Å². The van der Waals surface area contributed by atoms with Gasteiger partial charge in [0.1, 0.15) is 5.60 Å². The van der Waals surface area contributed by atoms with Crippen LogP contribution in [0.2, 0.25) is 0 Å². The fraction of sp³-hybridized carbons (Fsp3) is 0.875. The number of amides is 1. The summed E-state index contributed by atoms with van der Waals surface area (Å²) in [5.74, 6) is -0.645. The first kappa shape index (κ1) is 13.4. The summed E-state index contributed by atoms with van der Waals surface area (Å²) < 4.78 is 28.6. The Balaban J connectivity index is 4.36. The minimum Gasteiger partial charge on any atom is -0.366 e. The molecule has 0 heterocycles. The van der Waals surface area contributed by atoms with E-state index in [-0.39, 0.29) is 0 Å². The third-order valence-electron chi connectivity index (χ3n) is 1.49. The molecule has 5 nitrogen and oxygen atoms in total. The molecule has 0 bridgehead atoms. The minimum absolute atomic E-state index is 0.421. The van der Waals surface area contributed by atoms with Crippen LogP contribution in [0.1, 0.15) is 27.2 Å². The minimum atomic E-state index is -3.51. The molecule has 0 aromatic rings. The summed E-state index contributed by atoms with van der Waals surface area (Å²) >= 11 is 0. The Kier molecular flexibility index (Phi) is 4.54. The molecule has 0 aliphatic carbocycles. The molecule has 1 amide bonds. The van der Waals surface area contributed by atoms with Crippen LogP contribution < -0.4 is 4.72 Å². The Morgan fingerprint density at radius 3 is 2.29 bits per heavy atom. The van der Waals surface area contributed by atoms with E-state index < -0.39 is 21.5 Å². The Morgan fingerprint density at radius 1 is 1.43 bits per heavy atom. The second-order valence-electron chi connectivity index (χ2n) is 3.56. The zero-order valence-electron chi connectivity index (χ0n) is 8.96. The Hall–Kier alpha value is -0.620. The molecule has 84 valence electrons. The molecule has 0 aromatic heterocycles. The molecule has 0 aromatic carbocycles. The number of hydrogen-bond acceptors (Lipinski definition) is 4. The van der Waals surface area contributed by atoms with E-state index in [1.54, 1.807) is 0 Å². The second kappa shape index (κ2) is 4.75. The van der Waals surface area contributed by atoms with Gasteiger partial charge >= 0.3 is 0 Å². The molecule has 0 rings (SSSR count). The van der Waals surface area contributed by atoms with Gasteiger partial charge in [0.15, 0.2) is 0 Å². The van der Waals surface area contributed by atoms with Crippen LogP contribution in [0.4, 0.5) is 0 Å². The number of carbonyl (C=O) groups excluding carboxylic acids is 1. The van der Waals surface area contributed by atoms with E-state index in [0.717, 1.165) is 12.7 Å². The number of carbonyl (C=O) groups is 1. The van der Waals surface area contributed by atoms with Gasteiger partial charge in [0, 0.05) is 6.61 Å². The molecule has 0 aliphatic rings. The maximum atomic E-state index is 11.4. The first-order valence-corrected chi connectivity index (χ1v) is 6.24. The van der Waals surface area contributed by atoms with Gasteiger partial charge in [-0.15, -0.1) is 0 Å². The summed E-state index contributed by atoms with van der Waals surface area (Å²) in [4.78, 5) is 11.4. The average Bonchev–Trinajstić information content (AvgIpc) is 1.97. The smallest absolute Gasteiger partial charge is 0.265 e. The number of nitrogens with one attached hydrogen (secondary N) is 1. The van der Waals surface area contributed by atoms with Crippen LogP contribution in [0, 0.1) is 0 Å². The second-order valence-corrected chi connectivity index (χ2v) is 5.31. The van der Waals surface area contributed by atoms with Gasteiger partial charge in [0.05, 0.1) is 6.26 Å². The standard InChI is InChI=1S/C8H17NO4S/c1-5-6-13-8(2,3)7(10)9-14(4,11)12/h5-6H2,1-4H3,(H,9,10). The predicted octanol–water partition coefficient (Wildman–Crippen LogP) is 0.267. The molecule has 0 fully saturated rings. The van der Waals surface area contributed by atoms with Gasteiger partial charge in [-0.3, -0.25) is 9.52 Å². The third kappa shape index (κ3) is 5.18. The van der Waals surface area contributed by atoms with Crippen LogP contribution in [0.25, 0.3) is 0 Å². The van der Waals surface area contributed by atoms with Crippen molar-refractivity contribution in [1.29, 1.82) is 0 Å². The molecule has 0 spiro atoms. The van der Waals surface area contributed by atoms with Crippen molar-refractivity contribution in [1.82, 2.24) is 4.72 Å². The molecule has 0 saturated carbocycles. The normalized spacial score (nSPS) is 12.6. The molecule has 0 aliphatic heterocycles. The number of rotatable bonds is 5. The van der Waals surface area contributed by atoms with Crippen molar-refractivity contribution in [3.05, 3.63) is 0 Å². The van der Waals surface area contributed by atoms with Crippen molar-refractivity contribution >= 4 is 15.9 Å². The summed E-state index contributed by atoms with van der Waals surface area (Å²) in [6, 6.07) is 0. The van der Waals surface area contributed by atoms with E-state index in [1.165, 1.54) is 13.8 Å². The molecule has 1 N–H and O–H groups in total. The third-order valence-corrected chi connectivity index (χ3v) is 2.05. The SMILES string of the molecule is CCCOC(C)(C)C(=O)NS(C)(=O)=O. The van der Waals surface area contributed by atoms with Gasteiger partial charge in [0.25, 0.3) is 5.91 Å². The lowest BCUT2D eigenvalue weighted by Gasteiger charge is -2.23. The first-order valence-electron chi connectivity index (χ1n) is 4.35. The van der Waals surface area contributed by atoms with Crippen molar-refractivity contribution in [2.24, 2.45) is 0 Å². The lowest BCUT2D eigenvalue weighted by atomic mass is 10.1. The van der Waals surface area contributed by atoms with E-state index in [2.05, 4.69) is 0 Å². The topological polar surface area (TPSA) is 72.5 Å². The maximum absolute atomic E-state index is 11.4. The molecule has 6 heteroatoms. The predicted molar refractivity (Wildman–Crippen MR) is 53.3 cm³/mol. The monoisotopic (exact) mass is 223 g/mol. The zero-order chi connectivity index (χ0) is 11.4. The highest BCUT2D eigenvalue weighted by atomic mass is 32.2. The summed E-state index contributed by atoms with van der Waals surface area (Å²) in [5, 5.41) is 0. The lowest BCUT2D eigenvalue weighted by Crippen LogP contribution is -2.46. The zero-order valence-corrected chi connectivity index (χ0v) is 9.77. The highest BCUT2D eigenvalue weighted by Gasteiger charge is 2.30. The summed E-state index contributed by atoms with van der Waals surface area (Å²) in [6.45, 7) is 5.39. The molecule has 0 radical (unpaired) electrons. The van der Waals surface area contributed by atoms with E-state index in [0.29, 0.717) is 6.61 Å². The van der Waals surface area contributed by atoms with Gasteiger partial charge in [-0.1, -0.05) is 6.92 Å². The molecule has 0 unspecified atom stereocenters. The van der Waals surface area contributed by atoms with Crippen LogP contribution in [-0.4, -0.2) is 32.8 Å². The molecule has 14 heavy (non-hydrogen) atoms. The highest BCUT2D eigenvalue weighted by molar-refractivity contribution is 7.89. The van der Waals surface area contributed by atoms with Crippen molar-refractivity contribution < 1.29 is 17.9 Å². The van der Waals surface area contributed by atoms with Crippen LogP contribution in [-0.2, 0) is 19.6 Å². The Morgan fingerprint density at radius 2 is 1.93 bits per heavy atom.